The molecule has 0 aliphatic heterocycles. The summed E-state index contributed by atoms with van der Waals surface area (Å²) in [5.74, 6) is 0.0160. The van der Waals surface area contributed by atoms with Crippen LogP contribution in [0.5, 0.6) is 0 Å². The first-order chi connectivity index (χ1) is 18.8. The molecule has 0 unspecified atom stereocenters. The van der Waals surface area contributed by atoms with Gasteiger partial charge in [-0.05, 0) is 44.9 Å². The van der Waals surface area contributed by atoms with Crippen molar-refractivity contribution in [3.05, 3.63) is 24.3 Å². The summed E-state index contributed by atoms with van der Waals surface area (Å²) in [6.45, 7) is 5.16. The van der Waals surface area contributed by atoms with Crippen molar-refractivity contribution < 1.29 is 9.53 Å². The second-order valence-corrected chi connectivity index (χ2v) is 11.5. The predicted octanol–water partition coefficient (Wildman–Crippen LogP) is 12.6. The van der Waals surface area contributed by atoms with Gasteiger partial charge in [0, 0.05) is 6.42 Å². The number of hydrogen-bond donors (Lipinski definition) is 0. The summed E-state index contributed by atoms with van der Waals surface area (Å²) < 4.78 is 5.43. The van der Waals surface area contributed by atoms with Gasteiger partial charge in [-0.2, -0.15) is 0 Å². The smallest absolute Gasteiger partial charge is 0.305 e. The zero-order chi connectivity index (χ0) is 27.6. The fourth-order valence-electron chi connectivity index (χ4n) is 4.99. The van der Waals surface area contributed by atoms with Crippen molar-refractivity contribution in [3.8, 4) is 0 Å². The highest BCUT2D eigenvalue weighted by molar-refractivity contribution is 5.69. The summed E-state index contributed by atoms with van der Waals surface area (Å²) >= 11 is 0. The minimum absolute atomic E-state index is 0.0160. The van der Waals surface area contributed by atoms with Gasteiger partial charge in [-0.1, -0.05) is 167 Å². The predicted molar refractivity (Wildman–Crippen MR) is 170 cm³/mol. The highest BCUT2D eigenvalue weighted by Gasteiger charge is 2.02. The van der Waals surface area contributed by atoms with E-state index in [1.54, 1.807) is 0 Å². The zero-order valence-electron chi connectivity index (χ0n) is 26.1. The number of rotatable bonds is 31. The molecule has 0 aromatic heterocycles. The van der Waals surface area contributed by atoms with Gasteiger partial charge in [-0.25, -0.2) is 0 Å². The fourth-order valence-corrected chi connectivity index (χ4v) is 4.99. The average molecular weight is 533 g/mol. The van der Waals surface area contributed by atoms with Gasteiger partial charge < -0.3 is 4.74 Å². The van der Waals surface area contributed by atoms with Crippen LogP contribution in [0.2, 0.25) is 0 Å². The highest BCUT2D eigenvalue weighted by atomic mass is 16.5. The SMILES string of the molecule is CCCCC/C=C\C/C=C/CCCCCCCCOC(=O)CCCCCCCCCCCCCCCCC. The van der Waals surface area contributed by atoms with Gasteiger partial charge in [0.05, 0.1) is 6.61 Å². The van der Waals surface area contributed by atoms with Gasteiger partial charge >= 0.3 is 5.97 Å². The average Bonchev–Trinajstić information content (AvgIpc) is 2.92. The van der Waals surface area contributed by atoms with Crippen molar-refractivity contribution in [2.75, 3.05) is 6.61 Å². The Morgan fingerprint density at radius 2 is 0.816 bits per heavy atom. The molecule has 0 radical (unpaired) electrons. The summed E-state index contributed by atoms with van der Waals surface area (Å²) in [5, 5.41) is 0. The molecule has 224 valence electrons. The molecule has 2 nitrogen and oxygen atoms in total. The molecular formula is C36H68O2. The van der Waals surface area contributed by atoms with Crippen LogP contribution >= 0.6 is 0 Å². The maximum atomic E-state index is 11.9. The van der Waals surface area contributed by atoms with Crippen molar-refractivity contribution in [1.29, 1.82) is 0 Å². The number of hydrogen-bond acceptors (Lipinski definition) is 2. The molecule has 0 rings (SSSR count). The topological polar surface area (TPSA) is 26.3 Å². The first-order valence-electron chi connectivity index (χ1n) is 17.3. The van der Waals surface area contributed by atoms with E-state index in [0.717, 1.165) is 19.3 Å². The summed E-state index contributed by atoms with van der Waals surface area (Å²) in [6, 6.07) is 0. The van der Waals surface area contributed by atoms with E-state index in [-0.39, 0.29) is 5.97 Å². The number of ether oxygens (including phenoxy) is 1. The number of allylic oxidation sites excluding steroid dienone is 4. The van der Waals surface area contributed by atoms with Crippen LogP contribution in [0, 0.1) is 0 Å². The largest absolute Gasteiger partial charge is 0.466 e. The molecule has 0 saturated heterocycles. The van der Waals surface area contributed by atoms with Crippen LogP contribution in [0.15, 0.2) is 24.3 Å². The minimum Gasteiger partial charge on any atom is -0.466 e. The Morgan fingerprint density at radius 1 is 0.447 bits per heavy atom. The van der Waals surface area contributed by atoms with Crippen LogP contribution in [-0.4, -0.2) is 12.6 Å². The zero-order valence-corrected chi connectivity index (χ0v) is 26.1. The fraction of sp³-hybridized carbons (Fsp3) is 0.861. The van der Waals surface area contributed by atoms with E-state index < -0.39 is 0 Å². The Bertz CT molecular complexity index is 507. The van der Waals surface area contributed by atoms with E-state index >= 15 is 0 Å². The Balaban J connectivity index is 3.21. The van der Waals surface area contributed by atoms with Gasteiger partial charge in [0.1, 0.15) is 0 Å². The summed E-state index contributed by atoms with van der Waals surface area (Å²) in [4.78, 5) is 11.9. The maximum absolute atomic E-state index is 11.9. The van der Waals surface area contributed by atoms with Crippen LogP contribution in [0.3, 0.4) is 0 Å². The molecule has 0 saturated carbocycles. The van der Waals surface area contributed by atoms with Crippen LogP contribution in [-0.2, 0) is 9.53 Å². The molecule has 38 heavy (non-hydrogen) atoms. The van der Waals surface area contributed by atoms with Crippen molar-refractivity contribution in [2.45, 2.75) is 194 Å². The molecule has 0 aliphatic carbocycles. The quantitative estimate of drug-likeness (QED) is 0.0504. The molecule has 0 aliphatic rings. The molecule has 2 heteroatoms. The minimum atomic E-state index is 0.0160. The lowest BCUT2D eigenvalue weighted by atomic mass is 10.0. The third-order valence-corrected chi connectivity index (χ3v) is 7.59. The molecule has 0 fully saturated rings. The van der Waals surface area contributed by atoms with Crippen molar-refractivity contribution in [2.24, 2.45) is 0 Å². The first kappa shape index (κ1) is 37.0. The third-order valence-electron chi connectivity index (χ3n) is 7.59. The normalized spacial score (nSPS) is 11.7. The molecule has 0 bridgehead atoms. The Hall–Kier alpha value is -1.05. The van der Waals surface area contributed by atoms with Gasteiger partial charge in [0.2, 0.25) is 0 Å². The van der Waals surface area contributed by atoms with E-state index in [9.17, 15) is 4.79 Å². The van der Waals surface area contributed by atoms with Crippen molar-refractivity contribution >= 4 is 5.97 Å². The molecule has 0 spiro atoms. The van der Waals surface area contributed by atoms with Gasteiger partial charge in [0.15, 0.2) is 0 Å². The van der Waals surface area contributed by atoms with Crippen LogP contribution < -0.4 is 0 Å². The van der Waals surface area contributed by atoms with E-state index in [1.807, 2.05) is 0 Å². The highest BCUT2D eigenvalue weighted by Crippen LogP contribution is 2.14. The molecule has 0 amide bonds. The first-order valence-corrected chi connectivity index (χ1v) is 17.3. The molecule has 0 aromatic rings. The standard InChI is InChI=1S/C36H68O2/c1-3-5-7-9-11-13-15-17-19-21-23-25-27-29-31-33-35-38-36(37)34-32-30-28-26-24-22-20-18-16-14-12-10-8-6-4-2/h11,13,17,19H,3-10,12,14-16,18,20-35H2,1-2H3/b13-11-,19-17+. The second kappa shape index (κ2) is 34.0. The summed E-state index contributed by atoms with van der Waals surface area (Å²) in [7, 11) is 0. The van der Waals surface area contributed by atoms with Gasteiger partial charge in [0.25, 0.3) is 0 Å². The van der Waals surface area contributed by atoms with Crippen molar-refractivity contribution in [1.82, 2.24) is 0 Å². The monoisotopic (exact) mass is 533 g/mol. The van der Waals surface area contributed by atoms with E-state index in [0.29, 0.717) is 13.0 Å². The van der Waals surface area contributed by atoms with E-state index in [4.69, 9.17) is 4.74 Å². The van der Waals surface area contributed by atoms with Crippen molar-refractivity contribution in [3.63, 3.8) is 0 Å². The third kappa shape index (κ3) is 33.0. The molecule has 0 atom stereocenters. The summed E-state index contributed by atoms with van der Waals surface area (Å²) in [6.07, 6.45) is 45.2. The second-order valence-electron chi connectivity index (χ2n) is 11.5. The van der Waals surface area contributed by atoms with Crippen LogP contribution in [0.25, 0.3) is 0 Å². The van der Waals surface area contributed by atoms with Crippen LogP contribution in [0.1, 0.15) is 194 Å². The van der Waals surface area contributed by atoms with E-state index in [2.05, 4.69) is 38.2 Å². The number of esters is 1. The number of carbonyl (C=O) groups excluding carboxylic acids is 1. The van der Waals surface area contributed by atoms with Gasteiger partial charge in [-0.3, -0.25) is 4.79 Å². The Kier molecular flexibility index (Phi) is 33.0. The molecule has 0 aromatic carbocycles. The lowest BCUT2D eigenvalue weighted by molar-refractivity contribution is -0.143. The molecule has 0 N–H and O–H groups in total. The molecular weight excluding hydrogens is 464 g/mol. The summed E-state index contributed by atoms with van der Waals surface area (Å²) in [5.41, 5.74) is 0. The maximum Gasteiger partial charge on any atom is 0.305 e. The van der Waals surface area contributed by atoms with Gasteiger partial charge in [-0.15, -0.1) is 0 Å². The van der Waals surface area contributed by atoms with Crippen LogP contribution in [0.4, 0.5) is 0 Å². The number of carbonyl (C=O) groups is 1. The Labute approximate surface area is 239 Å². The Morgan fingerprint density at radius 3 is 1.32 bits per heavy atom. The lowest BCUT2D eigenvalue weighted by Crippen LogP contribution is -2.05. The number of unbranched alkanes of at least 4 members (excludes halogenated alkanes) is 23. The van der Waals surface area contributed by atoms with E-state index in [1.165, 1.54) is 154 Å². The lowest BCUT2D eigenvalue weighted by Gasteiger charge is -2.05. The molecule has 0 heterocycles.